The van der Waals surface area contributed by atoms with Gasteiger partial charge in [-0.05, 0) is 55.5 Å². The number of aliphatic hydroxyl groups is 2. The molecule has 4 N–H and O–H groups in total. The molecule has 9 heteroatoms. The Morgan fingerprint density at radius 1 is 0.975 bits per heavy atom. The van der Waals surface area contributed by atoms with Gasteiger partial charge in [-0.2, -0.15) is 0 Å². The molecule has 0 spiro atoms. The Balaban J connectivity index is 1.36. The highest BCUT2D eigenvalue weighted by molar-refractivity contribution is 5.90. The van der Waals surface area contributed by atoms with Crippen LogP contribution in [-0.4, -0.2) is 65.3 Å². The summed E-state index contributed by atoms with van der Waals surface area (Å²) < 4.78 is 12.9. The fourth-order valence-electron chi connectivity index (χ4n) is 5.44. The smallest absolute Gasteiger partial charge is 0.224 e. The van der Waals surface area contributed by atoms with Crippen molar-refractivity contribution in [1.29, 1.82) is 0 Å². The second-order valence-electron chi connectivity index (χ2n) is 10.8. The average Bonchev–Trinajstić information content (AvgIpc) is 3.42. The van der Waals surface area contributed by atoms with Gasteiger partial charge in [0.15, 0.2) is 6.29 Å². The Hall–Kier alpha value is -2.82. The molecule has 4 rings (SSSR count). The number of hydrogen-bond donors (Lipinski definition) is 4. The molecule has 2 aliphatic heterocycles. The van der Waals surface area contributed by atoms with Gasteiger partial charge in [-0.3, -0.25) is 14.5 Å². The van der Waals surface area contributed by atoms with Crippen LogP contribution in [0.5, 0.6) is 0 Å². The molecule has 0 saturated carbocycles. The third-order valence-electron chi connectivity index (χ3n) is 7.68. The van der Waals surface area contributed by atoms with Crippen LogP contribution in [0.3, 0.4) is 0 Å². The monoisotopic (exact) mass is 553 g/mol. The molecule has 2 amide bonds. The number of benzene rings is 2. The third kappa shape index (κ3) is 8.84. The number of unbranched alkanes of at least 4 members (excludes halogenated alkanes) is 2. The predicted octanol–water partition coefficient (Wildman–Crippen LogP) is 3.82. The van der Waals surface area contributed by atoms with E-state index in [9.17, 15) is 19.8 Å². The van der Waals surface area contributed by atoms with Gasteiger partial charge in [0.2, 0.25) is 11.8 Å². The van der Waals surface area contributed by atoms with E-state index < -0.39 is 6.29 Å². The van der Waals surface area contributed by atoms with E-state index in [4.69, 9.17) is 9.47 Å². The molecule has 2 aromatic rings. The minimum absolute atomic E-state index is 0.000830. The first-order chi connectivity index (χ1) is 19.4. The molecule has 2 saturated heterocycles. The number of carbonyl (C=O) groups is 2. The van der Waals surface area contributed by atoms with Gasteiger partial charge in [0.05, 0.1) is 25.4 Å². The lowest BCUT2D eigenvalue weighted by Crippen LogP contribution is -2.42. The SMILES string of the molecule is CC(=O)NCCCCCC(=O)Nc1ccc([C@@H]2O[C@H](CN3CCC[C@H]3CO)C[C@H](c3ccc(CO)cc3)O2)cc1. The first-order valence-corrected chi connectivity index (χ1v) is 14.4. The van der Waals surface area contributed by atoms with Crippen LogP contribution in [0.25, 0.3) is 0 Å². The highest BCUT2D eigenvalue weighted by atomic mass is 16.7. The van der Waals surface area contributed by atoms with E-state index in [0.717, 1.165) is 67.6 Å². The molecule has 4 atom stereocenters. The molecule has 40 heavy (non-hydrogen) atoms. The normalized spacial score (nSPS) is 23.2. The molecule has 0 aromatic heterocycles. The highest BCUT2D eigenvalue weighted by Gasteiger charge is 2.35. The Bertz CT molecular complexity index is 1080. The number of anilines is 1. The largest absolute Gasteiger partial charge is 0.395 e. The number of nitrogens with one attached hydrogen (secondary N) is 2. The van der Waals surface area contributed by atoms with Crippen LogP contribution in [0.1, 0.15) is 81.0 Å². The molecule has 9 nitrogen and oxygen atoms in total. The van der Waals surface area contributed by atoms with Gasteiger partial charge in [-0.25, -0.2) is 0 Å². The van der Waals surface area contributed by atoms with Crippen molar-refractivity contribution in [2.24, 2.45) is 0 Å². The van der Waals surface area contributed by atoms with Crippen LogP contribution < -0.4 is 10.6 Å². The number of nitrogens with zero attached hydrogens (tertiary/aromatic N) is 1. The lowest BCUT2D eigenvalue weighted by Gasteiger charge is -2.38. The van der Waals surface area contributed by atoms with Gasteiger partial charge < -0.3 is 30.3 Å². The van der Waals surface area contributed by atoms with Crippen molar-refractivity contribution >= 4 is 17.5 Å². The van der Waals surface area contributed by atoms with Crippen LogP contribution in [0.2, 0.25) is 0 Å². The maximum Gasteiger partial charge on any atom is 0.224 e. The molecule has 0 unspecified atom stereocenters. The van der Waals surface area contributed by atoms with Crippen LogP contribution in [0.15, 0.2) is 48.5 Å². The fraction of sp³-hybridized carbons (Fsp3) is 0.548. The summed E-state index contributed by atoms with van der Waals surface area (Å²) in [5.74, 6) is -0.0668. The van der Waals surface area contributed by atoms with Crippen molar-refractivity contribution in [2.45, 2.75) is 83.0 Å². The Morgan fingerprint density at radius 2 is 1.73 bits per heavy atom. The summed E-state index contributed by atoms with van der Waals surface area (Å²) in [6, 6.07) is 15.6. The summed E-state index contributed by atoms with van der Waals surface area (Å²) in [5.41, 5.74) is 3.49. The van der Waals surface area contributed by atoms with E-state index in [2.05, 4.69) is 15.5 Å². The van der Waals surface area contributed by atoms with E-state index in [-0.39, 0.29) is 43.3 Å². The van der Waals surface area contributed by atoms with E-state index in [1.165, 1.54) is 6.92 Å². The van der Waals surface area contributed by atoms with Gasteiger partial charge in [0.1, 0.15) is 0 Å². The Kier molecular flexibility index (Phi) is 11.5. The molecule has 0 radical (unpaired) electrons. The van der Waals surface area contributed by atoms with Crippen molar-refractivity contribution in [3.8, 4) is 0 Å². The molecule has 218 valence electrons. The summed E-state index contributed by atoms with van der Waals surface area (Å²) in [6.45, 7) is 3.98. The van der Waals surface area contributed by atoms with Crippen molar-refractivity contribution < 1.29 is 29.3 Å². The van der Waals surface area contributed by atoms with Gasteiger partial charge in [0, 0.05) is 50.1 Å². The van der Waals surface area contributed by atoms with Crippen LogP contribution in [0.4, 0.5) is 5.69 Å². The summed E-state index contributed by atoms with van der Waals surface area (Å²) in [6.07, 6.45) is 4.90. The summed E-state index contributed by atoms with van der Waals surface area (Å²) >= 11 is 0. The molecular formula is C31H43N3O6. The topological polar surface area (TPSA) is 120 Å². The maximum atomic E-state index is 12.4. The second-order valence-corrected chi connectivity index (χ2v) is 10.8. The van der Waals surface area contributed by atoms with Gasteiger partial charge in [0.25, 0.3) is 0 Å². The third-order valence-corrected chi connectivity index (χ3v) is 7.68. The molecule has 2 aliphatic rings. The number of likely N-dealkylation sites (tertiary alicyclic amines) is 1. The van der Waals surface area contributed by atoms with E-state index in [1.807, 2.05) is 48.5 Å². The summed E-state index contributed by atoms with van der Waals surface area (Å²) in [5, 5.41) is 24.9. The zero-order chi connectivity index (χ0) is 28.3. The average molecular weight is 554 g/mol. The van der Waals surface area contributed by atoms with Crippen molar-refractivity contribution in [3.63, 3.8) is 0 Å². The molecular weight excluding hydrogens is 510 g/mol. The molecule has 0 bridgehead atoms. The van der Waals surface area contributed by atoms with Crippen LogP contribution >= 0.6 is 0 Å². The van der Waals surface area contributed by atoms with Crippen molar-refractivity contribution in [3.05, 3.63) is 65.2 Å². The Morgan fingerprint density at radius 3 is 2.42 bits per heavy atom. The number of carbonyl (C=O) groups excluding carboxylic acids is 2. The zero-order valence-corrected chi connectivity index (χ0v) is 23.4. The number of aliphatic hydroxyl groups excluding tert-OH is 2. The summed E-state index contributed by atoms with van der Waals surface area (Å²) in [4.78, 5) is 25.6. The molecule has 2 aromatic carbocycles. The van der Waals surface area contributed by atoms with E-state index in [0.29, 0.717) is 19.4 Å². The molecule has 2 fully saturated rings. The minimum atomic E-state index is -0.565. The lowest BCUT2D eigenvalue weighted by atomic mass is 9.99. The first-order valence-electron chi connectivity index (χ1n) is 14.4. The highest BCUT2D eigenvalue weighted by Crippen LogP contribution is 2.39. The number of ether oxygens (including phenoxy) is 2. The fourth-order valence-corrected chi connectivity index (χ4v) is 5.44. The van der Waals surface area contributed by atoms with E-state index in [1.54, 1.807) is 0 Å². The number of amides is 2. The second kappa shape index (κ2) is 15.3. The zero-order valence-electron chi connectivity index (χ0n) is 23.4. The number of hydrogen-bond acceptors (Lipinski definition) is 7. The lowest BCUT2D eigenvalue weighted by molar-refractivity contribution is -0.253. The van der Waals surface area contributed by atoms with Crippen LogP contribution in [0, 0.1) is 0 Å². The van der Waals surface area contributed by atoms with Gasteiger partial charge >= 0.3 is 0 Å². The molecule has 2 heterocycles. The van der Waals surface area contributed by atoms with Gasteiger partial charge in [-0.1, -0.05) is 42.8 Å². The quantitative estimate of drug-likeness (QED) is 0.278. The van der Waals surface area contributed by atoms with Gasteiger partial charge in [-0.15, -0.1) is 0 Å². The van der Waals surface area contributed by atoms with Crippen molar-refractivity contribution in [2.75, 3.05) is 31.6 Å². The Labute approximate surface area is 236 Å². The van der Waals surface area contributed by atoms with E-state index >= 15 is 0 Å². The predicted molar refractivity (Wildman–Crippen MR) is 152 cm³/mol. The van der Waals surface area contributed by atoms with Crippen molar-refractivity contribution in [1.82, 2.24) is 10.2 Å². The first kappa shape index (κ1) is 30.1. The van der Waals surface area contributed by atoms with Crippen LogP contribution in [-0.2, 0) is 25.7 Å². The maximum absolute atomic E-state index is 12.4. The molecule has 0 aliphatic carbocycles. The standard InChI is InChI=1S/C31H43N3O6/c1-22(37)32-16-4-2-3-7-30(38)33-26-14-12-25(13-15-26)31-39-28(19-34-17-5-6-27(34)21-36)18-29(40-31)24-10-8-23(20-35)9-11-24/h8-15,27-29,31,35-36H,2-7,16-21H2,1H3,(H,32,37)(H,33,38)/t27-,28-,29+,31+/m0/s1. The minimum Gasteiger partial charge on any atom is -0.395 e. The summed E-state index contributed by atoms with van der Waals surface area (Å²) in [7, 11) is 0. The number of rotatable bonds is 13.